The summed E-state index contributed by atoms with van der Waals surface area (Å²) in [6.45, 7) is 0.307. The fourth-order valence-electron chi connectivity index (χ4n) is 1.95. The van der Waals surface area contributed by atoms with Crippen LogP contribution in [0.15, 0.2) is 24.3 Å². The van der Waals surface area contributed by atoms with Crippen molar-refractivity contribution in [2.75, 3.05) is 13.2 Å². The molecule has 1 aliphatic rings. The van der Waals surface area contributed by atoms with E-state index < -0.39 is 12.1 Å². The maximum atomic E-state index is 11.5. The molecule has 2 amide bonds. The number of carbonyl (C=O) groups excluding carboxylic acids is 2. The van der Waals surface area contributed by atoms with Crippen LogP contribution in [0.2, 0.25) is 5.02 Å². The Morgan fingerprint density at radius 1 is 1.38 bits per heavy atom. The number of imide groups is 1. The number of rotatable bonds is 6. The van der Waals surface area contributed by atoms with Crippen molar-refractivity contribution in [1.82, 2.24) is 10.6 Å². The summed E-state index contributed by atoms with van der Waals surface area (Å²) in [5.74, 6) is 0.00111. The lowest BCUT2D eigenvalue weighted by Crippen LogP contribution is -2.52. The van der Waals surface area contributed by atoms with Crippen LogP contribution in [0.4, 0.5) is 0 Å². The molecule has 0 spiro atoms. The molecule has 3 N–H and O–H groups in total. The van der Waals surface area contributed by atoms with Gasteiger partial charge in [-0.25, -0.2) is 0 Å². The molecule has 7 heteroatoms. The summed E-state index contributed by atoms with van der Waals surface area (Å²) in [5, 5.41) is 15.6. The highest BCUT2D eigenvalue weighted by Crippen LogP contribution is 2.15. The van der Waals surface area contributed by atoms with Gasteiger partial charge in [0.2, 0.25) is 11.8 Å². The normalized spacial score (nSPS) is 20.0. The maximum Gasteiger partial charge on any atom is 0.243 e. The Hall–Kier alpha value is -1.63. The monoisotopic (exact) mass is 312 g/mol. The fourth-order valence-corrected chi connectivity index (χ4v) is 2.07. The first-order valence-corrected chi connectivity index (χ1v) is 7.06. The molecule has 0 radical (unpaired) electrons. The number of nitrogens with one attached hydrogen (secondary N) is 2. The zero-order chi connectivity index (χ0) is 15.2. The van der Waals surface area contributed by atoms with E-state index >= 15 is 0 Å². The number of piperidine rings is 1. The van der Waals surface area contributed by atoms with Crippen molar-refractivity contribution in [2.24, 2.45) is 0 Å². The van der Waals surface area contributed by atoms with Gasteiger partial charge in [-0.15, -0.1) is 0 Å². The van der Waals surface area contributed by atoms with Crippen LogP contribution in [0.3, 0.4) is 0 Å². The summed E-state index contributed by atoms with van der Waals surface area (Å²) in [5.41, 5.74) is 0. The van der Waals surface area contributed by atoms with Crippen molar-refractivity contribution >= 4 is 23.4 Å². The molecule has 2 atom stereocenters. The van der Waals surface area contributed by atoms with Gasteiger partial charge in [0.15, 0.2) is 0 Å². The van der Waals surface area contributed by atoms with Crippen LogP contribution in [0.5, 0.6) is 5.75 Å². The zero-order valence-corrected chi connectivity index (χ0v) is 12.1. The number of hydrogen-bond donors (Lipinski definition) is 3. The molecule has 2 unspecified atom stereocenters. The third kappa shape index (κ3) is 5.00. The number of amides is 2. The van der Waals surface area contributed by atoms with E-state index in [-0.39, 0.29) is 25.0 Å². The van der Waals surface area contributed by atoms with Crippen LogP contribution in [-0.4, -0.2) is 42.2 Å². The molecular weight excluding hydrogens is 296 g/mol. The quantitative estimate of drug-likeness (QED) is 0.665. The molecule has 2 rings (SSSR count). The van der Waals surface area contributed by atoms with Crippen LogP contribution in [0.1, 0.15) is 12.8 Å². The number of benzene rings is 1. The van der Waals surface area contributed by atoms with E-state index in [0.29, 0.717) is 23.6 Å². The van der Waals surface area contributed by atoms with Gasteiger partial charge in [-0.1, -0.05) is 11.6 Å². The second kappa shape index (κ2) is 7.40. The minimum Gasteiger partial charge on any atom is -0.491 e. The predicted octanol–water partition coefficient (Wildman–Crippen LogP) is 0.474. The summed E-state index contributed by atoms with van der Waals surface area (Å²) >= 11 is 5.76. The molecule has 0 aromatic heterocycles. The lowest BCUT2D eigenvalue weighted by Gasteiger charge is -2.23. The number of aliphatic hydroxyl groups is 1. The summed E-state index contributed by atoms with van der Waals surface area (Å²) in [7, 11) is 0. The third-order valence-electron chi connectivity index (χ3n) is 3.10. The predicted molar refractivity (Wildman–Crippen MR) is 77.1 cm³/mol. The highest BCUT2D eigenvalue weighted by atomic mass is 35.5. The topological polar surface area (TPSA) is 87.7 Å². The molecule has 114 valence electrons. The lowest BCUT2D eigenvalue weighted by molar-refractivity contribution is -0.134. The Morgan fingerprint density at radius 3 is 2.76 bits per heavy atom. The second-order valence-electron chi connectivity index (χ2n) is 4.83. The summed E-state index contributed by atoms with van der Waals surface area (Å²) in [4.78, 5) is 22.5. The van der Waals surface area contributed by atoms with E-state index in [2.05, 4.69) is 10.6 Å². The average molecular weight is 313 g/mol. The van der Waals surface area contributed by atoms with E-state index in [1.807, 2.05) is 0 Å². The third-order valence-corrected chi connectivity index (χ3v) is 3.35. The van der Waals surface area contributed by atoms with E-state index in [1.165, 1.54) is 0 Å². The van der Waals surface area contributed by atoms with Gasteiger partial charge in [0, 0.05) is 18.0 Å². The maximum absolute atomic E-state index is 11.5. The van der Waals surface area contributed by atoms with Gasteiger partial charge in [-0.3, -0.25) is 14.9 Å². The number of halogens is 1. The SMILES string of the molecule is O=C1CCC(NCC(O)COc2ccc(Cl)cc2)C(=O)N1. The van der Waals surface area contributed by atoms with Gasteiger partial charge in [0.1, 0.15) is 18.5 Å². The first-order chi connectivity index (χ1) is 10.0. The van der Waals surface area contributed by atoms with Crippen molar-refractivity contribution in [3.63, 3.8) is 0 Å². The van der Waals surface area contributed by atoms with E-state index in [0.717, 1.165) is 0 Å². The lowest BCUT2D eigenvalue weighted by atomic mass is 10.1. The molecule has 1 aromatic carbocycles. The number of carbonyl (C=O) groups is 2. The number of hydrogen-bond acceptors (Lipinski definition) is 5. The minimum atomic E-state index is -0.758. The Balaban J connectivity index is 1.70. The molecular formula is C14H17ClN2O4. The minimum absolute atomic E-state index is 0.0991. The van der Waals surface area contributed by atoms with Gasteiger partial charge in [0.25, 0.3) is 0 Å². The van der Waals surface area contributed by atoms with Gasteiger partial charge in [0.05, 0.1) is 6.04 Å². The van der Waals surface area contributed by atoms with Crippen LogP contribution in [-0.2, 0) is 9.59 Å². The first-order valence-electron chi connectivity index (χ1n) is 6.68. The Kier molecular flexibility index (Phi) is 5.55. The zero-order valence-electron chi connectivity index (χ0n) is 11.3. The number of aliphatic hydroxyl groups excluding tert-OH is 1. The number of ether oxygens (including phenoxy) is 1. The molecule has 21 heavy (non-hydrogen) atoms. The molecule has 1 fully saturated rings. The molecule has 6 nitrogen and oxygen atoms in total. The molecule has 0 aliphatic carbocycles. The van der Waals surface area contributed by atoms with Gasteiger partial charge in [-0.05, 0) is 30.7 Å². The standard InChI is InChI=1S/C14H17ClN2O4/c15-9-1-3-11(4-2-9)21-8-10(18)7-16-12-5-6-13(19)17-14(12)20/h1-4,10,12,16,18H,5-8H2,(H,17,19,20). The smallest absolute Gasteiger partial charge is 0.243 e. The largest absolute Gasteiger partial charge is 0.491 e. The Morgan fingerprint density at radius 2 is 2.10 bits per heavy atom. The van der Waals surface area contributed by atoms with E-state index in [9.17, 15) is 14.7 Å². The molecule has 1 heterocycles. The molecule has 1 aliphatic heterocycles. The van der Waals surface area contributed by atoms with E-state index in [4.69, 9.17) is 16.3 Å². The Bertz CT molecular complexity index is 506. The van der Waals surface area contributed by atoms with Crippen LogP contribution < -0.4 is 15.4 Å². The van der Waals surface area contributed by atoms with E-state index in [1.54, 1.807) is 24.3 Å². The van der Waals surface area contributed by atoms with Crippen LogP contribution >= 0.6 is 11.6 Å². The second-order valence-corrected chi connectivity index (χ2v) is 5.27. The summed E-state index contributed by atoms with van der Waals surface area (Å²) in [6.07, 6.45) is -0.0120. The van der Waals surface area contributed by atoms with Crippen molar-refractivity contribution in [3.8, 4) is 5.75 Å². The molecule has 0 saturated carbocycles. The van der Waals surface area contributed by atoms with Gasteiger partial charge in [-0.2, -0.15) is 0 Å². The average Bonchev–Trinajstić information content (AvgIpc) is 2.46. The van der Waals surface area contributed by atoms with Crippen LogP contribution in [0, 0.1) is 0 Å². The van der Waals surface area contributed by atoms with Gasteiger partial charge < -0.3 is 15.2 Å². The van der Waals surface area contributed by atoms with Crippen molar-refractivity contribution in [2.45, 2.75) is 25.0 Å². The summed E-state index contributed by atoms with van der Waals surface area (Å²) < 4.78 is 5.40. The van der Waals surface area contributed by atoms with Crippen molar-refractivity contribution < 1.29 is 19.4 Å². The highest BCUT2D eigenvalue weighted by Gasteiger charge is 2.26. The van der Waals surface area contributed by atoms with Gasteiger partial charge >= 0.3 is 0 Å². The fraction of sp³-hybridized carbons (Fsp3) is 0.429. The molecule has 0 bridgehead atoms. The molecule has 1 saturated heterocycles. The molecule has 1 aromatic rings. The van der Waals surface area contributed by atoms with Crippen molar-refractivity contribution in [3.05, 3.63) is 29.3 Å². The Labute approximate surface area is 127 Å². The first kappa shape index (κ1) is 15.8. The highest BCUT2D eigenvalue weighted by molar-refractivity contribution is 6.30. The van der Waals surface area contributed by atoms with Crippen LogP contribution in [0.25, 0.3) is 0 Å². The van der Waals surface area contributed by atoms with Crippen molar-refractivity contribution in [1.29, 1.82) is 0 Å². The summed E-state index contributed by atoms with van der Waals surface area (Å²) in [6, 6.07) is 6.37.